The van der Waals surface area contributed by atoms with Gasteiger partial charge in [-0.1, -0.05) is 151 Å². The molecule has 0 radical (unpaired) electrons. The first-order valence-electron chi connectivity index (χ1n) is 18.8. The molecule has 9 rings (SSSR count). The van der Waals surface area contributed by atoms with Crippen LogP contribution >= 0.6 is 0 Å². The van der Waals surface area contributed by atoms with Gasteiger partial charge >= 0.3 is 0 Å². The van der Waals surface area contributed by atoms with E-state index in [2.05, 4.69) is 0 Å². The SMILES string of the molecule is [2H]c1cc(-c2ccccc2)c(-c2c3ccccc3c(-c3cc(-c4c([2H])c([2H])c([2H])c([2H])c4[2H])c4oc5ccccc5c4c3)c3ccccc23)c([2H])c1[2H]. The smallest absolute Gasteiger partial charge is 0.143 e. The highest BCUT2D eigenvalue weighted by Gasteiger charge is 2.21. The minimum atomic E-state index is -0.466. The number of rotatable bonds is 4. The van der Waals surface area contributed by atoms with Gasteiger partial charge in [0, 0.05) is 16.3 Å². The van der Waals surface area contributed by atoms with Crippen molar-refractivity contribution in [2.45, 2.75) is 0 Å². The lowest BCUT2D eigenvalue weighted by Gasteiger charge is -2.20. The summed E-state index contributed by atoms with van der Waals surface area (Å²) >= 11 is 0. The van der Waals surface area contributed by atoms with Crippen molar-refractivity contribution in [1.29, 1.82) is 0 Å². The highest BCUT2D eigenvalue weighted by molar-refractivity contribution is 6.23. The molecule has 0 aliphatic carbocycles. The highest BCUT2D eigenvalue weighted by Crippen LogP contribution is 2.48. The summed E-state index contributed by atoms with van der Waals surface area (Å²) in [6, 6.07) is 36.5. The zero-order valence-electron chi connectivity index (χ0n) is 32.0. The Bertz CT molecular complexity index is 2900. The number of furan rings is 1. The first kappa shape index (κ1) is 18.7. The van der Waals surface area contributed by atoms with E-state index < -0.39 is 18.1 Å². The molecule has 210 valence electrons. The number of hydrogen-bond donors (Lipinski definition) is 0. The Morgan fingerprint density at radius 3 is 1.69 bits per heavy atom. The Kier molecular flexibility index (Phi) is 4.30. The van der Waals surface area contributed by atoms with Gasteiger partial charge in [-0.2, -0.15) is 0 Å². The zero-order valence-corrected chi connectivity index (χ0v) is 24.0. The lowest BCUT2D eigenvalue weighted by Crippen LogP contribution is -1.93. The molecule has 0 saturated carbocycles. The van der Waals surface area contributed by atoms with Gasteiger partial charge in [0.25, 0.3) is 0 Å². The van der Waals surface area contributed by atoms with Crippen molar-refractivity contribution >= 4 is 43.5 Å². The molecule has 0 bridgehead atoms. The van der Waals surface area contributed by atoms with Crippen LogP contribution in [0.1, 0.15) is 11.0 Å². The van der Waals surface area contributed by atoms with Crippen LogP contribution < -0.4 is 0 Å². The molecule has 0 unspecified atom stereocenters. The Morgan fingerprint density at radius 1 is 0.378 bits per heavy atom. The molecule has 1 nitrogen and oxygen atoms in total. The van der Waals surface area contributed by atoms with Gasteiger partial charge in [-0.15, -0.1) is 0 Å². The van der Waals surface area contributed by atoms with Gasteiger partial charge in [0.2, 0.25) is 0 Å². The first-order valence-corrected chi connectivity index (χ1v) is 14.8. The number of hydrogen-bond acceptors (Lipinski definition) is 1. The van der Waals surface area contributed by atoms with Gasteiger partial charge in [-0.25, -0.2) is 0 Å². The molecular weight excluding hydrogens is 544 g/mol. The summed E-state index contributed by atoms with van der Waals surface area (Å²) in [5, 5.41) is 4.96. The lowest BCUT2D eigenvalue weighted by molar-refractivity contribution is 0.670. The quantitative estimate of drug-likeness (QED) is 0.189. The fourth-order valence-corrected chi connectivity index (χ4v) is 6.64. The summed E-state index contributed by atoms with van der Waals surface area (Å²) in [5.41, 5.74) is 5.94. The molecule has 0 spiro atoms. The maximum Gasteiger partial charge on any atom is 0.143 e. The average Bonchev–Trinajstić information content (AvgIpc) is 3.57. The van der Waals surface area contributed by atoms with Crippen molar-refractivity contribution in [2.75, 3.05) is 0 Å². The van der Waals surface area contributed by atoms with Crippen LogP contribution in [0.4, 0.5) is 0 Å². The summed E-state index contributed by atoms with van der Waals surface area (Å²) in [5.74, 6) is 0. The van der Waals surface area contributed by atoms with Crippen molar-refractivity contribution < 1.29 is 15.4 Å². The van der Waals surface area contributed by atoms with Crippen LogP contribution in [-0.4, -0.2) is 0 Å². The molecule has 45 heavy (non-hydrogen) atoms. The van der Waals surface area contributed by atoms with Crippen molar-refractivity contribution in [3.05, 3.63) is 170 Å². The molecule has 1 heteroatoms. The molecule has 0 N–H and O–H groups in total. The van der Waals surface area contributed by atoms with Crippen LogP contribution in [0.5, 0.6) is 0 Å². The van der Waals surface area contributed by atoms with Gasteiger partial charge < -0.3 is 4.42 Å². The zero-order chi connectivity index (χ0) is 36.7. The second-order valence-corrected chi connectivity index (χ2v) is 11.0. The number of benzene rings is 8. The Hall–Kier alpha value is -5.92. The van der Waals surface area contributed by atoms with Gasteiger partial charge in [0.05, 0.1) is 11.0 Å². The lowest BCUT2D eigenvalue weighted by atomic mass is 9.83. The Morgan fingerprint density at radius 2 is 0.978 bits per heavy atom. The summed E-state index contributed by atoms with van der Waals surface area (Å²) in [6.45, 7) is 0. The van der Waals surface area contributed by atoms with Crippen LogP contribution in [-0.2, 0) is 0 Å². The summed E-state index contributed by atoms with van der Waals surface area (Å²) in [7, 11) is 0. The molecule has 8 aromatic carbocycles. The van der Waals surface area contributed by atoms with Crippen LogP contribution in [0.3, 0.4) is 0 Å². The largest absolute Gasteiger partial charge is 0.455 e. The van der Waals surface area contributed by atoms with E-state index in [1.807, 2.05) is 115 Å². The van der Waals surface area contributed by atoms with E-state index in [9.17, 15) is 1.37 Å². The predicted octanol–water partition coefficient (Wildman–Crippen LogP) is 12.6. The summed E-state index contributed by atoms with van der Waals surface area (Å²) < 4.78 is 76.1. The van der Waals surface area contributed by atoms with Crippen LogP contribution in [0.2, 0.25) is 0 Å². The van der Waals surface area contributed by atoms with Gasteiger partial charge in [-0.3, -0.25) is 0 Å². The molecule has 9 aromatic rings. The molecule has 0 amide bonds. The first-order chi connectivity index (χ1) is 25.7. The molecule has 1 aromatic heterocycles. The van der Waals surface area contributed by atoms with Crippen molar-refractivity contribution in [2.24, 2.45) is 0 Å². The maximum absolute atomic E-state index is 9.30. The standard InChI is InChI=1S/C44H28O/c1-3-15-29(16-4-1)32-19-7-8-21-34(32)43-37-24-11-9-22-35(37)42(36-23-10-12-25-38(36)43)31-27-39(30-17-5-2-6-18-30)44-40(28-31)33-20-13-14-26-41(33)45-44/h1-28H/i2D,5D,6D,7D,8D,17D,18D,21D. The normalized spacial score (nSPS) is 14.0. The average molecular weight is 581 g/mol. The Balaban J connectivity index is 1.45. The third-order valence-electron chi connectivity index (χ3n) is 8.55. The van der Waals surface area contributed by atoms with E-state index in [4.69, 9.17) is 14.0 Å². The third-order valence-corrected chi connectivity index (χ3v) is 8.55. The molecule has 0 fully saturated rings. The van der Waals surface area contributed by atoms with Gasteiger partial charge in [0.15, 0.2) is 0 Å². The van der Waals surface area contributed by atoms with E-state index in [1.165, 1.54) is 0 Å². The minimum absolute atomic E-state index is 0.0244. The molecule has 0 saturated heterocycles. The summed E-state index contributed by atoms with van der Waals surface area (Å²) in [6.07, 6.45) is 0. The molecular formula is C44H28O. The van der Waals surface area contributed by atoms with Crippen LogP contribution in [0, 0.1) is 0 Å². The van der Waals surface area contributed by atoms with E-state index in [-0.39, 0.29) is 35.8 Å². The second kappa shape index (κ2) is 10.4. The monoisotopic (exact) mass is 580 g/mol. The van der Waals surface area contributed by atoms with Gasteiger partial charge in [-0.05, 0) is 78.7 Å². The highest BCUT2D eigenvalue weighted by atomic mass is 16.3. The van der Waals surface area contributed by atoms with E-state index >= 15 is 0 Å². The number of para-hydroxylation sites is 1. The van der Waals surface area contributed by atoms with E-state index in [1.54, 1.807) is 6.07 Å². The number of fused-ring (bicyclic) bond motifs is 5. The fraction of sp³-hybridized carbons (Fsp3) is 0. The molecule has 1 heterocycles. The minimum Gasteiger partial charge on any atom is -0.455 e. The summed E-state index contributed by atoms with van der Waals surface area (Å²) in [4.78, 5) is 0. The van der Waals surface area contributed by atoms with Crippen LogP contribution in [0.15, 0.2) is 174 Å². The predicted molar refractivity (Wildman–Crippen MR) is 190 cm³/mol. The van der Waals surface area contributed by atoms with E-state index in [0.29, 0.717) is 27.9 Å². The van der Waals surface area contributed by atoms with Crippen molar-refractivity contribution in [3.8, 4) is 44.5 Å². The Labute approximate surface area is 272 Å². The fourth-order valence-electron chi connectivity index (χ4n) is 6.64. The van der Waals surface area contributed by atoms with Crippen molar-refractivity contribution in [3.63, 3.8) is 0 Å². The molecule has 0 atom stereocenters. The third kappa shape index (κ3) is 4.09. The second-order valence-electron chi connectivity index (χ2n) is 11.0. The van der Waals surface area contributed by atoms with E-state index in [0.717, 1.165) is 54.6 Å². The van der Waals surface area contributed by atoms with Gasteiger partial charge in [0.1, 0.15) is 11.2 Å². The topological polar surface area (TPSA) is 13.1 Å². The van der Waals surface area contributed by atoms with Crippen LogP contribution in [0.25, 0.3) is 88.0 Å². The molecule has 0 aliphatic heterocycles. The maximum atomic E-state index is 9.30. The van der Waals surface area contributed by atoms with Crippen molar-refractivity contribution in [1.82, 2.24) is 0 Å². The molecule has 0 aliphatic rings.